The first-order valence-corrected chi connectivity index (χ1v) is 7.37. The van der Waals surface area contributed by atoms with Gasteiger partial charge in [0.1, 0.15) is 0 Å². The van der Waals surface area contributed by atoms with Crippen LogP contribution in [0.1, 0.15) is 37.3 Å². The molecule has 0 spiro atoms. The number of rotatable bonds is 7. The van der Waals surface area contributed by atoms with E-state index in [-0.39, 0.29) is 5.91 Å². The average Bonchev–Trinajstić information content (AvgIpc) is 2.43. The summed E-state index contributed by atoms with van der Waals surface area (Å²) < 4.78 is 5.50. The molecule has 1 aliphatic rings. The molecule has 0 aromatic heterocycles. The molecule has 0 aliphatic heterocycles. The Labute approximate surface area is 120 Å². The van der Waals surface area contributed by atoms with E-state index in [1.165, 1.54) is 0 Å². The van der Waals surface area contributed by atoms with Gasteiger partial charge in [-0.1, -0.05) is 24.3 Å². The zero-order chi connectivity index (χ0) is 14.4. The smallest absolute Gasteiger partial charge is 0.220 e. The molecule has 4 nitrogen and oxygen atoms in total. The van der Waals surface area contributed by atoms with Crippen molar-refractivity contribution in [1.82, 2.24) is 5.32 Å². The number of nitrogens with two attached hydrogens (primary N) is 1. The minimum absolute atomic E-state index is 0.132. The molecule has 0 radical (unpaired) electrons. The topological polar surface area (TPSA) is 64.3 Å². The summed E-state index contributed by atoms with van der Waals surface area (Å²) in [4.78, 5) is 11.8. The SMILES string of the molecule is CCOC1CC(CC(=O)NCc2ccc(CN)cc2)C1. The summed E-state index contributed by atoms with van der Waals surface area (Å²) in [6.45, 7) is 3.92. The Bertz CT molecular complexity index is 425. The third kappa shape index (κ3) is 4.32. The van der Waals surface area contributed by atoms with Crippen LogP contribution in [0.25, 0.3) is 0 Å². The van der Waals surface area contributed by atoms with Crippen LogP contribution in [0.5, 0.6) is 0 Å². The fourth-order valence-corrected chi connectivity index (χ4v) is 2.54. The minimum Gasteiger partial charge on any atom is -0.378 e. The van der Waals surface area contributed by atoms with Gasteiger partial charge < -0.3 is 15.8 Å². The van der Waals surface area contributed by atoms with Crippen molar-refractivity contribution in [2.45, 2.75) is 45.4 Å². The molecule has 1 aromatic rings. The van der Waals surface area contributed by atoms with Gasteiger partial charge in [-0.15, -0.1) is 0 Å². The summed E-state index contributed by atoms with van der Waals surface area (Å²) in [7, 11) is 0. The Hall–Kier alpha value is -1.39. The van der Waals surface area contributed by atoms with Crippen molar-refractivity contribution in [3.05, 3.63) is 35.4 Å². The van der Waals surface area contributed by atoms with E-state index in [2.05, 4.69) is 5.32 Å². The Kier molecular flexibility index (Phi) is 5.56. The predicted molar refractivity (Wildman–Crippen MR) is 78.9 cm³/mol. The van der Waals surface area contributed by atoms with E-state index in [4.69, 9.17) is 10.5 Å². The Morgan fingerprint density at radius 3 is 2.55 bits per heavy atom. The fraction of sp³-hybridized carbons (Fsp3) is 0.562. The fourth-order valence-electron chi connectivity index (χ4n) is 2.54. The van der Waals surface area contributed by atoms with Crippen molar-refractivity contribution in [3.8, 4) is 0 Å². The molecule has 0 unspecified atom stereocenters. The van der Waals surface area contributed by atoms with Gasteiger partial charge in [0.2, 0.25) is 5.91 Å². The second kappa shape index (κ2) is 7.41. The van der Waals surface area contributed by atoms with Gasteiger partial charge in [-0.05, 0) is 36.8 Å². The third-order valence-electron chi connectivity index (χ3n) is 3.82. The number of nitrogens with one attached hydrogen (secondary N) is 1. The molecule has 1 aromatic carbocycles. The molecule has 2 rings (SSSR count). The number of hydrogen-bond acceptors (Lipinski definition) is 3. The maximum Gasteiger partial charge on any atom is 0.220 e. The first-order valence-electron chi connectivity index (χ1n) is 7.37. The minimum atomic E-state index is 0.132. The number of amides is 1. The molecule has 1 aliphatic carbocycles. The summed E-state index contributed by atoms with van der Waals surface area (Å²) in [6.07, 6.45) is 3.03. The number of hydrogen-bond donors (Lipinski definition) is 2. The van der Waals surface area contributed by atoms with Crippen molar-refractivity contribution in [2.24, 2.45) is 11.7 Å². The molecule has 0 bridgehead atoms. The zero-order valence-electron chi connectivity index (χ0n) is 12.1. The standard InChI is InChI=1S/C16H24N2O2/c1-2-20-15-7-14(8-15)9-16(19)18-11-13-5-3-12(10-17)4-6-13/h3-6,14-15H,2,7-11,17H2,1H3,(H,18,19). The summed E-state index contributed by atoms with van der Waals surface area (Å²) in [5.41, 5.74) is 7.77. The molecule has 0 saturated heterocycles. The Balaban J connectivity index is 1.65. The summed E-state index contributed by atoms with van der Waals surface area (Å²) >= 11 is 0. The van der Waals surface area contributed by atoms with Gasteiger partial charge in [-0.2, -0.15) is 0 Å². The summed E-state index contributed by atoms with van der Waals surface area (Å²) in [5.74, 6) is 0.624. The van der Waals surface area contributed by atoms with Gasteiger partial charge in [0, 0.05) is 26.1 Å². The summed E-state index contributed by atoms with van der Waals surface area (Å²) in [6, 6.07) is 8.02. The number of carbonyl (C=O) groups is 1. The predicted octanol–water partition coefficient (Wildman–Crippen LogP) is 1.97. The molecule has 0 heterocycles. The lowest BCUT2D eigenvalue weighted by Crippen LogP contribution is -2.35. The highest BCUT2D eigenvalue weighted by Crippen LogP contribution is 2.32. The lowest BCUT2D eigenvalue weighted by Gasteiger charge is -2.34. The second-order valence-electron chi connectivity index (χ2n) is 5.42. The quantitative estimate of drug-likeness (QED) is 0.800. The van der Waals surface area contributed by atoms with Gasteiger partial charge in [-0.25, -0.2) is 0 Å². The first kappa shape index (κ1) is 15.0. The first-order chi connectivity index (χ1) is 9.71. The van der Waals surface area contributed by atoms with E-state index in [9.17, 15) is 4.79 Å². The van der Waals surface area contributed by atoms with Crippen LogP contribution in [-0.4, -0.2) is 18.6 Å². The van der Waals surface area contributed by atoms with E-state index >= 15 is 0 Å². The molecule has 0 atom stereocenters. The van der Waals surface area contributed by atoms with Gasteiger partial charge >= 0.3 is 0 Å². The Morgan fingerprint density at radius 2 is 1.95 bits per heavy atom. The molecule has 1 fully saturated rings. The van der Waals surface area contributed by atoms with Crippen molar-refractivity contribution >= 4 is 5.91 Å². The number of carbonyl (C=O) groups excluding carboxylic acids is 1. The zero-order valence-corrected chi connectivity index (χ0v) is 12.1. The van der Waals surface area contributed by atoms with Crippen molar-refractivity contribution < 1.29 is 9.53 Å². The third-order valence-corrected chi connectivity index (χ3v) is 3.82. The normalized spacial score (nSPS) is 21.3. The number of benzene rings is 1. The van der Waals surface area contributed by atoms with Gasteiger partial charge in [0.25, 0.3) is 0 Å². The van der Waals surface area contributed by atoms with Crippen molar-refractivity contribution in [3.63, 3.8) is 0 Å². The molecular weight excluding hydrogens is 252 g/mol. The van der Waals surface area contributed by atoms with E-state index in [1.807, 2.05) is 31.2 Å². The highest BCUT2D eigenvalue weighted by molar-refractivity contribution is 5.76. The largest absolute Gasteiger partial charge is 0.378 e. The van der Waals surface area contributed by atoms with E-state index in [0.717, 1.165) is 30.6 Å². The molecule has 1 amide bonds. The van der Waals surface area contributed by atoms with Crippen molar-refractivity contribution in [2.75, 3.05) is 6.61 Å². The molecule has 1 saturated carbocycles. The van der Waals surface area contributed by atoms with Gasteiger partial charge in [-0.3, -0.25) is 4.79 Å². The molecule has 4 heteroatoms. The lowest BCUT2D eigenvalue weighted by molar-refractivity contribution is -0.124. The van der Waals surface area contributed by atoms with E-state index in [0.29, 0.717) is 31.5 Å². The average molecular weight is 276 g/mol. The van der Waals surface area contributed by atoms with E-state index < -0.39 is 0 Å². The monoisotopic (exact) mass is 276 g/mol. The van der Waals surface area contributed by atoms with Crippen LogP contribution in [0, 0.1) is 5.92 Å². The lowest BCUT2D eigenvalue weighted by atomic mass is 9.80. The van der Waals surface area contributed by atoms with Crippen LogP contribution >= 0.6 is 0 Å². The second-order valence-corrected chi connectivity index (χ2v) is 5.42. The van der Waals surface area contributed by atoms with Crippen LogP contribution in [0.2, 0.25) is 0 Å². The molecule has 110 valence electrons. The van der Waals surface area contributed by atoms with Gasteiger partial charge in [0.15, 0.2) is 0 Å². The Morgan fingerprint density at radius 1 is 1.30 bits per heavy atom. The highest BCUT2D eigenvalue weighted by Gasteiger charge is 2.30. The highest BCUT2D eigenvalue weighted by atomic mass is 16.5. The van der Waals surface area contributed by atoms with Crippen LogP contribution < -0.4 is 11.1 Å². The summed E-state index contributed by atoms with van der Waals surface area (Å²) in [5, 5.41) is 2.97. The van der Waals surface area contributed by atoms with Crippen LogP contribution in [-0.2, 0) is 22.6 Å². The maximum atomic E-state index is 11.8. The maximum absolute atomic E-state index is 11.8. The molecular formula is C16H24N2O2. The van der Waals surface area contributed by atoms with Crippen molar-refractivity contribution in [1.29, 1.82) is 0 Å². The van der Waals surface area contributed by atoms with Gasteiger partial charge in [0.05, 0.1) is 6.10 Å². The molecule has 3 N–H and O–H groups in total. The van der Waals surface area contributed by atoms with Crippen LogP contribution in [0.3, 0.4) is 0 Å². The van der Waals surface area contributed by atoms with E-state index in [1.54, 1.807) is 0 Å². The van der Waals surface area contributed by atoms with Crippen LogP contribution in [0.4, 0.5) is 0 Å². The molecule has 20 heavy (non-hydrogen) atoms. The van der Waals surface area contributed by atoms with Crippen LogP contribution in [0.15, 0.2) is 24.3 Å². The number of ether oxygens (including phenoxy) is 1.